The van der Waals surface area contributed by atoms with Gasteiger partial charge in [0.25, 0.3) is 0 Å². The summed E-state index contributed by atoms with van der Waals surface area (Å²) in [5, 5.41) is 14.2. The molecule has 0 radical (unpaired) electrons. The maximum atomic E-state index is 6.08. The van der Waals surface area contributed by atoms with E-state index in [0.717, 1.165) is 104 Å². The number of terminal acetylenes is 1. The maximum Gasteiger partial charge on any atom is 0.146 e. The number of benzene rings is 9. The lowest BCUT2D eigenvalue weighted by atomic mass is 9.89. The summed E-state index contributed by atoms with van der Waals surface area (Å²) in [5.74, 6) is 21.8. The summed E-state index contributed by atoms with van der Waals surface area (Å²) in [6, 6.07) is 48.4. The van der Waals surface area contributed by atoms with Gasteiger partial charge in [-0.1, -0.05) is 201 Å². The van der Waals surface area contributed by atoms with E-state index in [1.54, 1.807) is 0 Å². The van der Waals surface area contributed by atoms with E-state index in [0.29, 0.717) is 16.6 Å². The van der Waals surface area contributed by atoms with Gasteiger partial charge in [-0.2, -0.15) is 0 Å². The van der Waals surface area contributed by atoms with Crippen molar-refractivity contribution in [2.75, 3.05) is 0 Å². The largest absolute Gasteiger partial charge is 0.146 e. The fourth-order valence-corrected chi connectivity index (χ4v) is 16.7. The Kier molecular flexibility index (Phi) is 13.4. The first-order valence-electron chi connectivity index (χ1n) is 25.0. The van der Waals surface area contributed by atoms with E-state index >= 15 is 0 Å². The molecular weight excluding hydrogens is 833 g/mol. The molecule has 334 valence electrons. The van der Waals surface area contributed by atoms with Crippen molar-refractivity contribution in [3.05, 3.63) is 178 Å². The monoisotopic (exact) mass is 894 g/mol. The Morgan fingerprint density at radius 3 is 1.04 bits per heavy atom. The highest BCUT2D eigenvalue weighted by Crippen LogP contribution is 2.42. The highest BCUT2D eigenvalue weighted by atomic mass is 28.3. The minimum atomic E-state index is -1.95. The first-order valence-corrected chi connectivity index (χ1v) is 27.3. The molecule has 0 saturated heterocycles. The molecule has 0 bridgehead atoms. The van der Waals surface area contributed by atoms with Crippen molar-refractivity contribution in [3.63, 3.8) is 0 Å². The smallest absolute Gasteiger partial charge is 0.125 e. The van der Waals surface area contributed by atoms with Crippen molar-refractivity contribution >= 4 is 72.7 Å². The summed E-state index contributed by atoms with van der Waals surface area (Å²) in [4.78, 5) is 0. The Bertz CT molecular complexity index is 3590. The third kappa shape index (κ3) is 8.26. The average Bonchev–Trinajstić information content (AvgIpc) is 3.35. The van der Waals surface area contributed by atoms with Crippen LogP contribution in [0.25, 0.3) is 64.6 Å². The Labute approximate surface area is 406 Å². The summed E-state index contributed by atoms with van der Waals surface area (Å²) >= 11 is 0. The predicted octanol–water partition coefficient (Wildman–Crippen LogP) is 17.6. The summed E-state index contributed by atoms with van der Waals surface area (Å²) in [5.41, 5.74) is 14.6. The van der Waals surface area contributed by atoms with E-state index < -0.39 is 8.07 Å². The van der Waals surface area contributed by atoms with E-state index in [4.69, 9.17) is 6.42 Å². The van der Waals surface area contributed by atoms with Gasteiger partial charge in [-0.05, 0) is 154 Å². The Morgan fingerprint density at radius 2 is 0.706 bits per heavy atom. The molecule has 0 nitrogen and oxygen atoms in total. The van der Waals surface area contributed by atoms with Gasteiger partial charge in [0, 0.05) is 33.4 Å². The second kappa shape index (κ2) is 19.7. The van der Waals surface area contributed by atoms with Gasteiger partial charge in [0.1, 0.15) is 8.07 Å². The van der Waals surface area contributed by atoms with Crippen molar-refractivity contribution < 1.29 is 0 Å². The first-order chi connectivity index (χ1) is 33.1. The van der Waals surface area contributed by atoms with Crippen LogP contribution in [-0.2, 0) is 12.8 Å². The summed E-state index contributed by atoms with van der Waals surface area (Å²) < 4.78 is 0. The van der Waals surface area contributed by atoms with E-state index in [1.165, 1.54) is 43.4 Å². The van der Waals surface area contributed by atoms with Gasteiger partial charge in [-0.25, -0.2) is 0 Å². The molecule has 0 heterocycles. The number of rotatable bonds is 9. The lowest BCUT2D eigenvalue weighted by Gasteiger charge is -2.38. The lowest BCUT2D eigenvalue weighted by molar-refractivity contribution is 0.802. The summed E-state index contributed by atoms with van der Waals surface area (Å²) in [6.07, 6.45) is 12.6. The van der Waals surface area contributed by atoms with Crippen LogP contribution in [0.5, 0.6) is 0 Å². The Morgan fingerprint density at radius 1 is 0.382 bits per heavy atom. The number of aryl methyl sites for hydroxylation is 2. The molecule has 0 fully saturated rings. The first kappa shape index (κ1) is 46.1. The number of hydrogen-bond donors (Lipinski definition) is 0. The zero-order chi connectivity index (χ0) is 47.5. The van der Waals surface area contributed by atoms with Crippen molar-refractivity contribution in [3.8, 4) is 47.5 Å². The Balaban J connectivity index is 1.23. The zero-order valence-electron chi connectivity index (χ0n) is 41.3. The standard InChI is InChI=1S/C67H62Si/c1-10-13-27-52-58-33-19-23-48(12-3)64(58)43-65-49(24-20-34-59(52)65)37-39-62-54-29-15-17-31-56(54)63(57-32-18-16-30-55(57)62)40-38-50-25-21-35-60-53(28-14-11-2)61-36-22-26-51(67(61)44-66(50)60)41-42-68(45(4)5,46(6)7)47(8)9/h3,15-26,29-36,43-47H,10-11,13-14,27-28H2,1-2,4-9H3. The molecule has 0 aliphatic heterocycles. The normalized spacial score (nSPS) is 11.6. The van der Waals surface area contributed by atoms with Crippen LogP contribution in [0.1, 0.15) is 126 Å². The van der Waals surface area contributed by atoms with Crippen LogP contribution in [0.4, 0.5) is 0 Å². The number of hydrogen-bond acceptors (Lipinski definition) is 0. The molecule has 68 heavy (non-hydrogen) atoms. The summed E-state index contributed by atoms with van der Waals surface area (Å²) in [7, 11) is -1.95. The van der Waals surface area contributed by atoms with Crippen LogP contribution in [0.2, 0.25) is 16.6 Å². The van der Waals surface area contributed by atoms with Gasteiger partial charge < -0.3 is 0 Å². The molecule has 9 rings (SSSR count). The fourth-order valence-electron chi connectivity index (χ4n) is 11.5. The molecular formula is C67H62Si. The third-order valence-electron chi connectivity index (χ3n) is 14.9. The molecule has 0 atom stereocenters. The van der Waals surface area contributed by atoms with Crippen molar-refractivity contribution in [2.24, 2.45) is 0 Å². The quantitative estimate of drug-likeness (QED) is 0.0769. The molecule has 0 aliphatic carbocycles. The van der Waals surface area contributed by atoms with E-state index in [1.807, 2.05) is 6.07 Å². The van der Waals surface area contributed by atoms with Crippen molar-refractivity contribution in [2.45, 2.75) is 111 Å². The fraction of sp³-hybridized carbons (Fsp3) is 0.254. The molecule has 0 aliphatic rings. The second-order valence-electron chi connectivity index (χ2n) is 19.7. The van der Waals surface area contributed by atoms with E-state index in [-0.39, 0.29) is 0 Å². The van der Waals surface area contributed by atoms with Gasteiger partial charge >= 0.3 is 0 Å². The van der Waals surface area contributed by atoms with Gasteiger partial charge in [-0.15, -0.1) is 12.0 Å². The topological polar surface area (TPSA) is 0 Å². The molecule has 0 N–H and O–H groups in total. The van der Waals surface area contributed by atoms with Crippen LogP contribution in [0, 0.1) is 47.5 Å². The van der Waals surface area contributed by atoms with Crippen LogP contribution >= 0.6 is 0 Å². The highest BCUT2D eigenvalue weighted by molar-refractivity contribution is 6.90. The molecule has 0 spiro atoms. The molecule has 0 amide bonds. The lowest BCUT2D eigenvalue weighted by Crippen LogP contribution is -2.43. The van der Waals surface area contributed by atoms with Crippen molar-refractivity contribution in [1.82, 2.24) is 0 Å². The Hall–Kier alpha value is -7.00. The molecule has 0 aromatic heterocycles. The molecule has 1 heteroatoms. The summed E-state index contributed by atoms with van der Waals surface area (Å²) in [6.45, 7) is 18.9. The van der Waals surface area contributed by atoms with Crippen LogP contribution < -0.4 is 0 Å². The minimum absolute atomic E-state index is 0.568. The van der Waals surface area contributed by atoms with Gasteiger partial charge in [-0.3, -0.25) is 0 Å². The molecule has 9 aromatic rings. The molecule has 0 unspecified atom stereocenters. The van der Waals surface area contributed by atoms with Gasteiger partial charge in [0.05, 0.1) is 0 Å². The number of unbranched alkanes of at least 4 members (excludes halogenated alkanes) is 2. The van der Waals surface area contributed by atoms with Crippen LogP contribution in [0.15, 0.2) is 133 Å². The highest BCUT2D eigenvalue weighted by Gasteiger charge is 2.41. The van der Waals surface area contributed by atoms with Crippen LogP contribution in [0.3, 0.4) is 0 Å². The van der Waals surface area contributed by atoms with Gasteiger partial charge in [0.2, 0.25) is 0 Å². The second-order valence-corrected chi connectivity index (χ2v) is 25.2. The van der Waals surface area contributed by atoms with Crippen molar-refractivity contribution in [1.29, 1.82) is 0 Å². The average molecular weight is 895 g/mol. The van der Waals surface area contributed by atoms with E-state index in [9.17, 15) is 0 Å². The predicted molar refractivity (Wildman–Crippen MR) is 299 cm³/mol. The third-order valence-corrected chi connectivity index (χ3v) is 21.2. The maximum absolute atomic E-state index is 6.08. The molecule has 0 saturated carbocycles. The van der Waals surface area contributed by atoms with Gasteiger partial charge in [0.15, 0.2) is 0 Å². The zero-order valence-corrected chi connectivity index (χ0v) is 42.3. The number of fused-ring (bicyclic) bond motifs is 6. The minimum Gasteiger partial charge on any atom is -0.125 e. The SMILES string of the molecule is C#Cc1cccc2c(CCCC)c3cccc(C#Cc4c5ccccc5c(C#Cc5cccc6c(CCCC)c7cccc(C#C[Si](C(C)C)(C(C)C)C(C)C)c7cc56)c5ccccc45)c3cc12. The van der Waals surface area contributed by atoms with E-state index in [2.05, 4.69) is 224 Å². The van der Waals surface area contributed by atoms with Crippen LogP contribution in [-0.4, -0.2) is 8.07 Å². The molecule has 9 aromatic carbocycles.